The minimum atomic E-state index is -0.582. The Morgan fingerprint density at radius 1 is 0.674 bits per heavy atom. The van der Waals surface area contributed by atoms with Crippen LogP contribution in [0.25, 0.3) is 0 Å². The molecule has 0 saturated heterocycles. The van der Waals surface area contributed by atoms with Gasteiger partial charge in [0, 0.05) is 23.0 Å². The van der Waals surface area contributed by atoms with Gasteiger partial charge in [0.05, 0.1) is 0 Å². The molecule has 2 aromatic rings. The molecule has 10 nitrogen and oxygen atoms in total. The maximum Gasteiger partial charge on any atom is 0.411 e. The van der Waals surface area contributed by atoms with Gasteiger partial charge < -0.3 is 18.9 Å². The Morgan fingerprint density at radius 3 is 1.40 bits per heavy atom. The highest BCUT2D eigenvalue weighted by molar-refractivity contribution is 5.87. The number of carbonyl (C=O) groups excluding carboxylic acids is 4. The monoisotopic (exact) mass is 596 g/mol. The molecule has 234 valence electrons. The summed E-state index contributed by atoms with van der Waals surface area (Å²) in [5, 5.41) is 5.22. The Labute approximate surface area is 254 Å². The summed E-state index contributed by atoms with van der Waals surface area (Å²) in [7, 11) is 0. The second-order valence-electron chi connectivity index (χ2n) is 10.4. The Morgan fingerprint density at radius 2 is 1.05 bits per heavy atom. The molecule has 0 aromatic heterocycles. The van der Waals surface area contributed by atoms with Crippen LogP contribution in [0, 0.1) is 11.8 Å². The molecule has 0 fully saturated rings. The zero-order valence-corrected chi connectivity index (χ0v) is 25.8. The molecule has 43 heavy (non-hydrogen) atoms. The molecule has 0 spiro atoms. The van der Waals surface area contributed by atoms with Gasteiger partial charge >= 0.3 is 24.1 Å². The van der Waals surface area contributed by atoms with Crippen molar-refractivity contribution in [1.82, 2.24) is 0 Å². The first-order chi connectivity index (χ1) is 20.4. The van der Waals surface area contributed by atoms with E-state index in [1.807, 2.05) is 48.5 Å². The summed E-state index contributed by atoms with van der Waals surface area (Å²) < 4.78 is 19.3. The van der Waals surface area contributed by atoms with Crippen LogP contribution < -0.4 is 10.6 Å². The Kier molecular flexibility index (Phi) is 17.2. The topological polar surface area (TPSA) is 129 Å². The average Bonchev–Trinajstić information content (AvgIpc) is 2.95. The lowest BCUT2D eigenvalue weighted by Gasteiger charge is -2.09. The molecular formula is C33H44N2O8. The third-order valence-electron chi connectivity index (χ3n) is 5.31. The molecule has 0 saturated carbocycles. The summed E-state index contributed by atoms with van der Waals surface area (Å²) in [6.07, 6.45) is 1.89. The predicted molar refractivity (Wildman–Crippen MR) is 167 cm³/mol. The van der Waals surface area contributed by atoms with Gasteiger partial charge in [-0.2, -0.15) is 0 Å². The highest BCUT2D eigenvalue weighted by Crippen LogP contribution is 2.14. The van der Waals surface area contributed by atoms with Crippen molar-refractivity contribution in [2.75, 3.05) is 37.1 Å². The van der Waals surface area contributed by atoms with E-state index in [-0.39, 0.29) is 26.4 Å². The van der Waals surface area contributed by atoms with Crippen LogP contribution in [-0.2, 0) is 41.4 Å². The molecule has 0 aliphatic heterocycles. The molecule has 0 aliphatic rings. The van der Waals surface area contributed by atoms with E-state index < -0.39 is 24.1 Å². The van der Waals surface area contributed by atoms with Crippen molar-refractivity contribution in [3.63, 3.8) is 0 Å². The number of hydrogen-bond donors (Lipinski definition) is 2. The second kappa shape index (κ2) is 20.3. The van der Waals surface area contributed by atoms with Crippen LogP contribution >= 0.6 is 0 Å². The van der Waals surface area contributed by atoms with Crippen molar-refractivity contribution in [3.8, 4) is 0 Å². The normalized spacial score (nSPS) is 10.1. The fourth-order valence-electron chi connectivity index (χ4n) is 3.43. The van der Waals surface area contributed by atoms with E-state index >= 15 is 0 Å². The quantitative estimate of drug-likeness (QED) is 0.106. The van der Waals surface area contributed by atoms with Crippen molar-refractivity contribution in [3.05, 3.63) is 84.5 Å². The summed E-state index contributed by atoms with van der Waals surface area (Å²) in [5.41, 5.74) is 4.08. The second-order valence-corrected chi connectivity index (χ2v) is 10.4. The zero-order chi connectivity index (χ0) is 32.2. The fourth-order valence-corrected chi connectivity index (χ4v) is 3.43. The van der Waals surface area contributed by atoms with Gasteiger partial charge in [-0.25, -0.2) is 19.2 Å². The number of esters is 2. The highest BCUT2D eigenvalue weighted by Gasteiger charge is 2.07. The summed E-state index contributed by atoms with van der Waals surface area (Å²) >= 11 is 0. The van der Waals surface area contributed by atoms with Gasteiger partial charge in [0.1, 0.15) is 26.4 Å². The van der Waals surface area contributed by atoms with E-state index in [9.17, 15) is 19.2 Å². The van der Waals surface area contributed by atoms with Crippen LogP contribution in [0.15, 0.2) is 73.3 Å². The van der Waals surface area contributed by atoms with Gasteiger partial charge in [-0.05, 0) is 67.0 Å². The van der Waals surface area contributed by atoms with E-state index in [0.29, 0.717) is 28.8 Å². The summed E-state index contributed by atoms with van der Waals surface area (Å²) in [6.45, 7) is 16.9. The van der Waals surface area contributed by atoms with Crippen molar-refractivity contribution >= 4 is 35.5 Å². The van der Waals surface area contributed by atoms with Gasteiger partial charge in [-0.3, -0.25) is 10.6 Å². The van der Waals surface area contributed by atoms with Gasteiger partial charge in [0.15, 0.2) is 0 Å². The fraction of sp³-hybridized carbons (Fsp3) is 0.394. The predicted octanol–water partition coefficient (Wildman–Crippen LogP) is 6.72. The number of anilines is 2. The minimum absolute atomic E-state index is 0.00313. The van der Waals surface area contributed by atoms with E-state index in [4.69, 9.17) is 14.2 Å². The van der Waals surface area contributed by atoms with E-state index in [0.717, 1.165) is 18.9 Å². The summed E-state index contributed by atoms with van der Waals surface area (Å²) in [6, 6.07) is 15.2. The van der Waals surface area contributed by atoms with Crippen molar-refractivity contribution < 1.29 is 38.1 Å². The molecule has 0 aliphatic carbocycles. The van der Waals surface area contributed by atoms with Gasteiger partial charge in [-0.1, -0.05) is 65.1 Å². The molecule has 2 N–H and O–H groups in total. The standard InChI is InChI=1S/C17H23NO4.C16H21NO4/c1-12(2)11-14-5-7-15(8-6-14)18-17(20)22-10-9-21-16(19)13(3)4;1-4-15(18)20-9-10-21-16(19)17-14-7-5-13(6-8-14)11-12(2)3/h5-8,12H,3,9-11H2,1-2,4H3,(H,18,20);4-8,12H,1,9-11H2,2-3H3,(H,17,19). The van der Waals surface area contributed by atoms with E-state index in [1.165, 1.54) is 11.1 Å². The van der Waals surface area contributed by atoms with Crippen LogP contribution in [0.3, 0.4) is 0 Å². The molecule has 0 bridgehead atoms. The van der Waals surface area contributed by atoms with Crippen molar-refractivity contribution in [2.45, 2.75) is 47.5 Å². The molecule has 2 aromatic carbocycles. The van der Waals surface area contributed by atoms with Crippen molar-refractivity contribution in [2.24, 2.45) is 11.8 Å². The van der Waals surface area contributed by atoms with Crippen LogP contribution in [0.1, 0.15) is 45.7 Å². The lowest BCUT2D eigenvalue weighted by molar-refractivity contribution is -0.140. The van der Waals surface area contributed by atoms with Crippen LogP contribution in [0.4, 0.5) is 21.0 Å². The molecule has 2 rings (SSSR count). The number of rotatable bonds is 14. The van der Waals surface area contributed by atoms with Gasteiger partial charge in [0.2, 0.25) is 0 Å². The maximum atomic E-state index is 11.6. The van der Waals surface area contributed by atoms with Crippen LogP contribution in [-0.4, -0.2) is 50.6 Å². The van der Waals surface area contributed by atoms with Gasteiger partial charge in [-0.15, -0.1) is 0 Å². The number of nitrogens with one attached hydrogen (secondary N) is 2. The zero-order valence-electron chi connectivity index (χ0n) is 25.8. The minimum Gasteiger partial charge on any atom is -0.459 e. The summed E-state index contributed by atoms with van der Waals surface area (Å²) in [4.78, 5) is 44.9. The molecule has 0 atom stereocenters. The largest absolute Gasteiger partial charge is 0.459 e. The first-order valence-corrected chi connectivity index (χ1v) is 14.1. The number of hydrogen-bond acceptors (Lipinski definition) is 8. The van der Waals surface area contributed by atoms with Crippen molar-refractivity contribution in [1.29, 1.82) is 0 Å². The third-order valence-corrected chi connectivity index (χ3v) is 5.31. The summed E-state index contributed by atoms with van der Waals surface area (Å²) in [5.74, 6) is 0.141. The number of amides is 2. The lowest BCUT2D eigenvalue weighted by Crippen LogP contribution is -2.18. The van der Waals surface area contributed by atoms with Gasteiger partial charge in [0.25, 0.3) is 0 Å². The SMILES string of the molecule is C=C(C)C(=O)OCCOC(=O)Nc1ccc(CC(C)C)cc1.C=CC(=O)OCCOC(=O)Nc1ccc(CC(C)C)cc1. The van der Waals surface area contributed by atoms with E-state index in [2.05, 4.69) is 56.2 Å². The van der Waals surface area contributed by atoms with Crippen LogP contribution in [0.2, 0.25) is 0 Å². The lowest BCUT2D eigenvalue weighted by atomic mass is 10.0. The number of ether oxygens (including phenoxy) is 4. The molecular weight excluding hydrogens is 552 g/mol. The Balaban J connectivity index is 0.000000430. The average molecular weight is 597 g/mol. The maximum absolute atomic E-state index is 11.6. The van der Waals surface area contributed by atoms with E-state index in [1.54, 1.807) is 6.92 Å². The highest BCUT2D eigenvalue weighted by atomic mass is 16.6. The molecule has 0 radical (unpaired) electrons. The number of benzene rings is 2. The van der Waals surface area contributed by atoms with Crippen LogP contribution in [0.5, 0.6) is 0 Å². The first-order valence-electron chi connectivity index (χ1n) is 14.1. The third kappa shape index (κ3) is 17.7. The Hall–Kier alpha value is -4.60. The molecule has 0 heterocycles. The first kappa shape index (κ1) is 36.4. The molecule has 10 heteroatoms. The molecule has 2 amide bonds. The number of carbonyl (C=O) groups is 4. The molecule has 0 unspecified atom stereocenters. The Bertz CT molecular complexity index is 1190. The smallest absolute Gasteiger partial charge is 0.411 e.